The first-order valence-corrected chi connectivity index (χ1v) is 17.4. The normalized spacial score (nSPS) is 12.8. The number of nitrogens with one attached hydrogen (secondary N) is 2. The Morgan fingerprint density at radius 3 is 2.07 bits per heavy atom. The maximum Gasteiger partial charge on any atom is 0.103 e. The average molecular weight is 637 g/mol. The fraction of sp³-hybridized carbons (Fsp3) is 0.526. The molecule has 252 valence electrons. The Hall–Kier alpha value is -3.05. The molecular formula is C38H64N6S. The lowest BCUT2D eigenvalue weighted by atomic mass is 10.1. The SMILES string of the molecule is C=CCC.CC.CC.CC=C(C)C.CCC(C)=C(Nc1ccc(CN2CCC(N)CC2)cc1)Sc1c(C)ncc(C#N)c1NC. The zero-order chi connectivity index (χ0) is 34.8. The summed E-state index contributed by atoms with van der Waals surface area (Å²) in [4.78, 5) is 7.88. The minimum Gasteiger partial charge on any atom is -0.386 e. The molecule has 0 saturated carbocycles. The van der Waals surface area contributed by atoms with Gasteiger partial charge in [-0.2, -0.15) is 5.26 Å². The molecule has 1 aliphatic rings. The molecule has 0 amide bonds. The number of benzene rings is 1. The molecule has 0 unspecified atom stereocenters. The standard InChI is InChI=1S/C25H34N6S.C5H10.C4H8.2C2H6/c1-5-17(2)25(32-24-18(3)29-15-20(14-26)23(24)28-4)30-22-8-6-19(7-9-22)16-31-12-10-21(27)11-13-31;1-4-5(2)3;1-3-4-2;2*1-2/h6-9,15,21,30H,5,10-13,16,27H2,1-4H3,(H,28,29);4H,1-3H3;3H,1,4H2,2H3;2*1-2H3. The van der Waals surface area contributed by atoms with Crippen LogP contribution in [-0.2, 0) is 6.54 Å². The van der Waals surface area contributed by atoms with E-state index in [2.05, 4.69) is 98.1 Å². The number of pyridine rings is 1. The van der Waals surface area contributed by atoms with Crippen LogP contribution in [0.15, 0.2) is 70.3 Å². The van der Waals surface area contributed by atoms with Crippen LogP contribution >= 0.6 is 11.8 Å². The third kappa shape index (κ3) is 17.9. The number of piperidine rings is 1. The number of aryl methyl sites for hydroxylation is 1. The first-order valence-electron chi connectivity index (χ1n) is 16.6. The maximum atomic E-state index is 9.47. The van der Waals surface area contributed by atoms with Gasteiger partial charge in [-0.3, -0.25) is 9.88 Å². The Labute approximate surface area is 281 Å². The van der Waals surface area contributed by atoms with Crippen LogP contribution in [0, 0.1) is 18.3 Å². The van der Waals surface area contributed by atoms with Crippen LogP contribution in [-0.4, -0.2) is 36.1 Å². The molecule has 1 aromatic heterocycles. The van der Waals surface area contributed by atoms with E-state index in [-0.39, 0.29) is 0 Å². The highest BCUT2D eigenvalue weighted by molar-refractivity contribution is 8.03. The number of nitrogens with two attached hydrogens (primary N) is 1. The molecule has 2 heterocycles. The molecule has 45 heavy (non-hydrogen) atoms. The van der Waals surface area contributed by atoms with Gasteiger partial charge in [-0.25, -0.2) is 0 Å². The van der Waals surface area contributed by atoms with E-state index in [4.69, 9.17) is 5.73 Å². The lowest BCUT2D eigenvalue weighted by Gasteiger charge is -2.30. The number of nitriles is 1. The number of rotatable bonds is 9. The van der Waals surface area contributed by atoms with E-state index in [9.17, 15) is 5.26 Å². The topological polar surface area (TPSA) is 90.0 Å². The van der Waals surface area contributed by atoms with Crippen molar-refractivity contribution in [2.24, 2.45) is 5.73 Å². The van der Waals surface area contributed by atoms with Crippen molar-refractivity contribution < 1.29 is 0 Å². The lowest BCUT2D eigenvalue weighted by Crippen LogP contribution is -2.39. The Morgan fingerprint density at radius 1 is 1.11 bits per heavy atom. The Balaban J connectivity index is 0. The molecule has 2 aromatic rings. The van der Waals surface area contributed by atoms with Crippen molar-refractivity contribution in [1.29, 1.82) is 5.26 Å². The van der Waals surface area contributed by atoms with Gasteiger partial charge in [0, 0.05) is 31.5 Å². The van der Waals surface area contributed by atoms with Crippen LogP contribution in [0.1, 0.15) is 112 Å². The first kappa shape index (κ1) is 44.1. The highest BCUT2D eigenvalue weighted by Gasteiger charge is 2.17. The van der Waals surface area contributed by atoms with Gasteiger partial charge in [0.2, 0.25) is 0 Å². The van der Waals surface area contributed by atoms with Gasteiger partial charge < -0.3 is 16.4 Å². The van der Waals surface area contributed by atoms with Crippen molar-refractivity contribution in [3.8, 4) is 6.07 Å². The largest absolute Gasteiger partial charge is 0.386 e. The summed E-state index contributed by atoms with van der Waals surface area (Å²) in [5, 5.41) is 17.3. The number of thioether (sulfide) groups is 1. The molecule has 4 N–H and O–H groups in total. The van der Waals surface area contributed by atoms with E-state index in [1.807, 2.05) is 54.7 Å². The number of likely N-dealkylation sites (tertiary alicyclic amines) is 1. The van der Waals surface area contributed by atoms with Gasteiger partial charge in [0.15, 0.2) is 0 Å². The fourth-order valence-electron chi connectivity index (χ4n) is 3.72. The van der Waals surface area contributed by atoms with Crippen LogP contribution in [0.3, 0.4) is 0 Å². The third-order valence-electron chi connectivity index (χ3n) is 6.82. The molecule has 1 aromatic carbocycles. The molecule has 1 saturated heterocycles. The van der Waals surface area contributed by atoms with Gasteiger partial charge in [0.1, 0.15) is 6.07 Å². The van der Waals surface area contributed by atoms with Crippen molar-refractivity contribution in [2.75, 3.05) is 30.8 Å². The van der Waals surface area contributed by atoms with Crippen LogP contribution in [0.2, 0.25) is 0 Å². The third-order valence-corrected chi connectivity index (χ3v) is 8.18. The number of allylic oxidation sites excluding steroid dienone is 4. The molecule has 3 rings (SSSR count). The molecule has 6 nitrogen and oxygen atoms in total. The molecule has 0 spiro atoms. The molecule has 7 heteroatoms. The van der Waals surface area contributed by atoms with E-state index < -0.39 is 0 Å². The average Bonchev–Trinajstić information content (AvgIpc) is 3.08. The van der Waals surface area contributed by atoms with Crippen LogP contribution in [0.4, 0.5) is 11.4 Å². The van der Waals surface area contributed by atoms with Crippen molar-refractivity contribution in [3.05, 3.63) is 82.2 Å². The lowest BCUT2D eigenvalue weighted by molar-refractivity contribution is 0.205. The van der Waals surface area contributed by atoms with E-state index in [0.29, 0.717) is 11.6 Å². The summed E-state index contributed by atoms with van der Waals surface area (Å²) in [6.45, 7) is 29.1. The second-order valence-corrected chi connectivity index (χ2v) is 11.4. The van der Waals surface area contributed by atoms with Crippen LogP contribution in [0.25, 0.3) is 0 Å². The number of aromatic nitrogens is 1. The van der Waals surface area contributed by atoms with Gasteiger partial charge >= 0.3 is 0 Å². The summed E-state index contributed by atoms with van der Waals surface area (Å²) < 4.78 is 0. The molecule has 0 radical (unpaired) electrons. The number of anilines is 2. The van der Waals surface area contributed by atoms with Gasteiger partial charge in [0.25, 0.3) is 0 Å². The van der Waals surface area contributed by atoms with E-state index in [0.717, 1.165) is 72.3 Å². The first-order chi connectivity index (χ1) is 21.6. The Morgan fingerprint density at radius 2 is 1.64 bits per heavy atom. The number of hydrogen-bond donors (Lipinski definition) is 3. The zero-order valence-electron chi connectivity index (χ0n) is 30.6. The second-order valence-electron chi connectivity index (χ2n) is 10.4. The summed E-state index contributed by atoms with van der Waals surface area (Å²) in [6.07, 6.45) is 9.77. The summed E-state index contributed by atoms with van der Waals surface area (Å²) in [5.41, 5.74) is 13.3. The quantitative estimate of drug-likeness (QED) is 0.186. The van der Waals surface area contributed by atoms with Crippen molar-refractivity contribution in [3.63, 3.8) is 0 Å². The van der Waals surface area contributed by atoms with E-state index in [1.165, 1.54) is 16.7 Å². The molecule has 1 aliphatic heterocycles. The monoisotopic (exact) mass is 636 g/mol. The van der Waals surface area contributed by atoms with Crippen molar-refractivity contribution in [1.82, 2.24) is 9.88 Å². The van der Waals surface area contributed by atoms with Crippen LogP contribution in [0.5, 0.6) is 0 Å². The maximum absolute atomic E-state index is 9.47. The van der Waals surface area contributed by atoms with Gasteiger partial charge in [-0.05, 0) is 96.7 Å². The Bertz CT molecular complexity index is 1170. The van der Waals surface area contributed by atoms with Gasteiger partial charge in [-0.1, -0.05) is 83.2 Å². The molecule has 0 bridgehead atoms. The fourth-order valence-corrected chi connectivity index (χ4v) is 4.93. The van der Waals surface area contributed by atoms with E-state index >= 15 is 0 Å². The number of nitrogens with zero attached hydrogens (tertiary/aromatic N) is 3. The smallest absolute Gasteiger partial charge is 0.103 e. The predicted octanol–water partition coefficient (Wildman–Crippen LogP) is 10.7. The summed E-state index contributed by atoms with van der Waals surface area (Å²) >= 11 is 1.63. The minimum atomic E-state index is 0.360. The van der Waals surface area contributed by atoms with Crippen LogP contribution < -0.4 is 16.4 Å². The highest BCUT2D eigenvalue weighted by atomic mass is 32.2. The molecule has 0 aliphatic carbocycles. The predicted molar refractivity (Wildman–Crippen MR) is 203 cm³/mol. The van der Waals surface area contributed by atoms with Gasteiger partial charge in [0.05, 0.1) is 26.9 Å². The van der Waals surface area contributed by atoms with E-state index in [1.54, 1.807) is 18.0 Å². The molecule has 0 atom stereocenters. The summed E-state index contributed by atoms with van der Waals surface area (Å²) in [5.74, 6) is 0. The summed E-state index contributed by atoms with van der Waals surface area (Å²) in [6, 6.07) is 11.3. The van der Waals surface area contributed by atoms with Crippen molar-refractivity contribution in [2.45, 2.75) is 119 Å². The minimum absolute atomic E-state index is 0.360. The summed E-state index contributed by atoms with van der Waals surface area (Å²) in [7, 11) is 1.85. The molecule has 1 fully saturated rings. The zero-order valence-corrected chi connectivity index (χ0v) is 31.4. The Kier molecular flexibility index (Phi) is 26.7. The molecular weight excluding hydrogens is 573 g/mol. The second kappa shape index (κ2) is 27.3. The van der Waals surface area contributed by atoms with Crippen molar-refractivity contribution >= 4 is 23.1 Å². The number of hydrogen-bond acceptors (Lipinski definition) is 7. The highest BCUT2D eigenvalue weighted by Crippen LogP contribution is 2.38. The van der Waals surface area contributed by atoms with Gasteiger partial charge in [-0.15, -0.1) is 6.58 Å².